The summed E-state index contributed by atoms with van der Waals surface area (Å²) >= 11 is 0. The van der Waals surface area contributed by atoms with Crippen molar-refractivity contribution in [1.82, 2.24) is 25.1 Å². The van der Waals surface area contributed by atoms with E-state index in [0.29, 0.717) is 11.1 Å². The van der Waals surface area contributed by atoms with E-state index in [-0.39, 0.29) is 22.5 Å². The number of amides is 1. The van der Waals surface area contributed by atoms with E-state index in [1.54, 1.807) is 19.1 Å². The van der Waals surface area contributed by atoms with E-state index in [1.807, 2.05) is 0 Å². The van der Waals surface area contributed by atoms with Crippen molar-refractivity contribution in [2.45, 2.75) is 13.0 Å². The molecule has 2 aromatic carbocycles. The molecule has 0 fully saturated rings. The van der Waals surface area contributed by atoms with Gasteiger partial charge < -0.3 is 10.3 Å². The molecule has 2 N–H and O–H groups in total. The minimum absolute atomic E-state index is 0.0436. The average Bonchev–Trinajstić information content (AvgIpc) is 3.08. The van der Waals surface area contributed by atoms with Crippen LogP contribution in [0.3, 0.4) is 0 Å². The Balaban J connectivity index is 1.73. The molecule has 0 spiro atoms. The molecule has 0 aliphatic carbocycles. The third kappa shape index (κ3) is 2.92. The molecule has 1 amide bonds. The fraction of sp³-hybridized carbons (Fsp3) is 0.111. The van der Waals surface area contributed by atoms with E-state index in [0.717, 1.165) is 6.07 Å². The lowest BCUT2D eigenvalue weighted by Gasteiger charge is -2.13. The molecule has 7 nitrogen and oxygen atoms in total. The highest BCUT2D eigenvalue weighted by Crippen LogP contribution is 2.16. The monoisotopic (exact) mass is 369 g/mol. The molecule has 0 radical (unpaired) electrons. The summed E-state index contributed by atoms with van der Waals surface area (Å²) in [6, 6.07) is 9.07. The van der Waals surface area contributed by atoms with Crippen LogP contribution in [0.1, 0.15) is 29.0 Å². The first-order valence-electron chi connectivity index (χ1n) is 8.07. The van der Waals surface area contributed by atoms with Gasteiger partial charge in [0.05, 0.1) is 17.1 Å². The predicted molar refractivity (Wildman–Crippen MR) is 93.4 cm³/mol. The van der Waals surface area contributed by atoms with Gasteiger partial charge in [-0.05, 0) is 42.8 Å². The smallest absolute Gasteiger partial charge is 0.277 e. The lowest BCUT2D eigenvalue weighted by Crippen LogP contribution is -2.28. The number of hydrogen-bond acceptors (Lipinski definition) is 4. The van der Waals surface area contributed by atoms with Gasteiger partial charge in [0.2, 0.25) is 0 Å². The van der Waals surface area contributed by atoms with Gasteiger partial charge >= 0.3 is 0 Å². The Morgan fingerprint density at radius 3 is 2.59 bits per heavy atom. The van der Waals surface area contributed by atoms with Crippen molar-refractivity contribution < 1.29 is 13.6 Å². The van der Waals surface area contributed by atoms with Crippen molar-refractivity contribution in [2.75, 3.05) is 0 Å². The largest absolute Gasteiger partial charge is 0.344 e. The number of aromatic amines is 1. The number of fused-ring (bicyclic) bond motifs is 3. The summed E-state index contributed by atoms with van der Waals surface area (Å²) in [7, 11) is 0. The first kappa shape index (κ1) is 16.8. The van der Waals surface area contributed by atoms with Crippen LogP contribution in [0.4, 0.5) is 8.78 Å². The fourth-order valence-electron chi connectivity index (χ4n) is 2.88. The summed E-state index contributed by atoms with van der Waals surface area (Å²) < 4.78 is 27.6. The average molecular weight is 369 g/mol. The number of benzene rings is 2. The Morgan fingerprint density at radius 2 is 1.85 bits per heavy atom. The van der Waals surface area contributed by atoms with Crippen LogP contribution in [-0.4, -0.2) is 25.7 Å². The lowest BCUT2D eigenvalue weighted by molar-refractivity contribution is 0.0936. The van der Waals surface area contributed by atoms with Crippen molar-refractivity contribution in [3.63, 3.8) is 0 Å². The van der Waals surface area contributed by atoms with Gasteiger partial charge in [-0.1, -0.05) is 17.3 Å². The van der Waals surface area contributed by atoms with Gasteiger partial charge in [-0.25, -0.2) is 13.3 Å². The number of carbonyl (C=O) groups excluding carboxylic acids is 1. The van der Waals surface area contributed by atoms with Crippen molar-refractivity contribution in [3.05, 3.63) is 75.7 Å². The molecule has 136 valence electrons. The summed E-state index contributed by atoms with van der Waals surface area (Å²) in [5.41, 5.74) is 0.524. The molecule has 1 unspecified atom stereocenters. The molecule has 2 heterocycles. The molecule has 4 rings (SSSR count). The molecule has 0 aliphatic rings. The standard InChI is InChI=1S/C18H13F2N5O2/c1-9(10-2-4-11(19)5-3-10)21-17(26)15-16-18(27)22-13-8-12(20)6-7-14(13)25(16)24-23-15/h2-9H,1H3,(H,21,26)(H,22,27). The van der Waals surface area contributed by atoms with E-state index in [4.69, 9.17) is 0 Å². The highest BCUT2D eigenvalue weighted by molar-refractivity contribution is 5.99. The first-order chi connectivity index (χ1) is 12.9. The summed E-state index contributed by atoms with van der Waals surface area (Å²) in [6.07, 6.45) is 0. The van der Waals surface area contributed by atoms with Crippen molar-refractivity contribution >= 4 is 22.5 Å². The van der Waals surface area contributed by atoms with Crippen LogP contribution in [0, 0.1) is 11.6 Å². The van der Waals surface area contributed by atoms with E-state index in [1.165, 1.54) is 28.8 Å². The van der Waals surface area contributed by atoms with Gasteiger partial charge in [0, 0.05) is 0 Å². The van der Waals surface area contributed by atoms with E-state index >= 15 is 0 Å². The maximum absolute atomic E-state index is 13.4. The fourth-order valence-corrected chi connectivity index (χ4v) is 2.88. The van der Waals surface area contributed by atoms with Crippen LogP contribution in [0.25, 0.3) is 16.6 Å². The summed E-state index contributed by atoms with van der Waals surface area (Å²) in [4.78, 5) is 27.5. The molecule has 27 heavy (non-hydrogen) atoms. The van der Waals surface area contributed by atoms with Gasteiger partial charge in [0.25, 0.3) is 11.5 Å². The maximum Gasteiger partial charge on any atom is 0.277 e. The second-order valence-electron chi connectivity index (χ2n) is 6.06. The minimum atomic E-state index is -0.613. The number of rotatable bonds is 3. The Bertz CT molecular complexity index is 1230. The molecule has 0 saturated carbocycles. The summed E-state index contributed by atoms with van der Waals surface area (Å²) in [5.74, 6) is -1.49. The van der Waals surface area contributed by atoms with Crippen LogP contribution in [0.2, 0.25) is 0 Å². The van der Waals surface area contributed by atoms with Gasteiger partial charge in [0.1, 0.15) is 11.6 Å². The second-order valence-corrected chi connectivity index (χ2v) is 6.06. The van der Waals surface area contributed by atoms with Crippen LogP contribution in [0.5, 0.6) is 0 Å². The van der Waals surface area contributed by atoms with Gasteiger partial charge in [-0.15, -0.1) is 5.10 Å². The topological polar surface area (TPSA) is 92.2 Å². The molecule has 0 bridgehead atoms. The zero-order valence-corrected chi connectivity index (χ0v) is 14.0. The number of hydrogen-bond donors (Lipinski definition) is 2. The third-order valence-electron chi connectivity index (χ3n) is 4.25. The Hall–Kier alpha value is -3.62. The number of H-pyrrole nitrogens is 1. The number of halogens is 2. The van der Waals surface area contributed by atoms with Crippen LogP contribution in [0.15, 0.2) is 47.3 Å². The maximum atomic E-state index is 13.4. The van der Waals surface area contributed by atoms with E-state index in [2.05, 4.69) is 20.6 Å². The summed E-state index contributed by atoms with van der Waals surface area (Å²) in [5, 5.41) is 10.4. The number of aromatic nitrogens is 4. The Morgan fingerprint density at radius 1 is 1.15 bits per heavy atom. The van der Waals surface area contributed by atoms with Crippen molar-refractivity contribution in [1.29, 1.82) is 0 Å². The molecule has 9 heteroatoms. The number of nitrogens with one attached hydrogen (secondary N) is 2. The lowest BCUT2D eigenvalue weighted by atomic mass is 10.1. The molecular formula is C18H13F2N5O2. The van der Waals surface area contributed by atoms with Gasteiger partial charge in [-0.2, -0.15) is 0 Å². The van der Waals surface area contributed by atoms with Crippen LogP contribution >= 0.6 is 0 Å². The van der Waals surface area contributed by atoms with Gasteiger partial charge in [-0.3, -0.25) is 9.59 Å². The molecular weight excluding hydrogens is 356 g/mol. The molecule has 1 atom stereocenters. The molecule has 0 aliphatic heterocycles. The first-order valence-corrected chi connectivity index (χ1v) is 8.07. The van der Waals surface area contributed by atoms with Crippen molar-refractivity contribution in [2.24, 2.45) is 0 Å². The van der Waals surface area contributed by atoms with Gasteiger partial charge in [0.15, 0.2) is 11.2 Å². The summed E-state index contributed by atoms with van der Waals surface area (Å²) in [6.45, 7) is 1.72. The number of carbonyl (C=O) groups is 1. The normalized spacial score (nSPS) is 12.4. The molecule has 0 saturated heterocycles. The number of nitrogens with zero attached hydrogens (tertiary/aromatic N) is 3. The molecule has 2 aromatic heterocycles. The molecule has 4 aromatic rings. The van der Waals surface area contributed by atoms with Crippen LogP contribution in [-0.2, 0) is 0 Å². The quantitative estimate of drug-likeness (QED) is 0.580. The van der Waals surface area contributed by atoms with E-state index < -0.39 is 23.3 Å². The zero-order chi connectivity index (χ0) is 19.1. The highest BCUT2D eigenvalue weighted by Gasteiger charge is 2.21. The zero-order valence-electron chi connectivity index (χ0n) is 14.0. The Labute approximate surface area is 150 Å². The van der Waals surface area contributed by atoms with E-state index in [9.17, 15) is 18.4 Å². The minimum Gasteiger partial charge on any atom is -0.344 e. The second kappa shape index (κ2) is 6.27. The SMILES string of the molecule is CC(NC(=O)c1nnn2c1c(=O)[nH]c1cc(F)ccc12)c1ccc(F)cc1. The highest BCUT2D eigenvalue weighted by atomic mass is 19.1. The van der Waals surface area contributed by atoms with Crippen molar-refractivity contribution in [3.8, 4) is 0 Å². The Kier molecular flexibility index (Phi) is 3.91. The predicted octanol–water partition coefficient (Wildman–Crippen LogP) is 2.34. The third-order valence-corrected chi connectivity index (χ3v) is 4.25. The van der Waals surface area contributed by atoms with Crippen LogP contribution < -0.4 is 10.9 Å².